The van der Waals surface area contributed by atoms with E-state index in [-0.39, 0.29) is 17.2 Å². The van der Waals surface area contributed by atoms with Gasteiger partial charge in [-0.05, 0) is 35.9 Å². The molecular formula is C18H22FN3O4S. The minimum Gasteiger partial charge on any atom is -0.494 e. The molecule has 0 spiro atoms. The van der Waals surface area contributed by atoms with Crippen LogP contribution >= 0.6 is 0 Å². The number of rotatable bonds is 6. The van der Waals surface area contributed by atoms with Gasteiger partial charge in [-0.25, -0.2) is 21.9 Å². The first-order valence-electron chi connectivity index (χ1n) is 8.02. The summed E-state index contributed by atoms with van der Waals surface area (Å²) in [7, 11) is 2.20. The Morgan fingerprint density at radius 2 is 1.85 bits per heavy atom. The summed E-state index contributed by atoms with van der Waals surface area (Å²) in [5.74, 6) is -0.379. The van der Waals surface area contributed by atoms with Gasteiger partial charge in [0, 0.05) is 33.4 Å². The van der Waals surface area contributed by atoms with Crippen molar-refractivity contribution in [1.82, 2.24) is 9.21 Å². The van der Waals surface area contributed by atoms with Crippen LogP contribution in [0.3, 0.4) is 0 Å². The van der Waals surface area contributed by atoms with Crippen molar-refractivity contribution in [2.45, 2.75) is 11.4 Å². The summed E-state index contributed by atoms with van der Waals surface area (Å²) in [5, 5.41) is 2.64. The van der Waals surface area contributed by atoms with Crippen molar-refractivity contribution >= 4 is 21.7 Å². The molecule has 2 rings (SSSR count). The van der Waals surface area contributed by atoms with Gasteiger partial charge >= 0.3 is 6.03 Å². The number of nitrogens with one attached hydrogen (secondary N) is 1. The van der Waals surface area contributed by atoms with Gasteiger partial charge in [0.2, 0.25) is 10.0 Å². The molecular weight excluding hydrogens is 373 g/mol. The maximum Gasteiger partial charge on any atom is 0.321 e. The van der Waals surface area contributed by atoms with Crippen LogP contribution in [-0.4, -0.2) is 51.9 Å². The van der Waals surface area contributed by atoms with Gasteiger partial charge in [0.25, 0.3) is 0 Å². The molecule has 0 aliphatic carbocycles. The summed E-state index contributed by atoms with van der Waals surface area (Å²) < 4.78 is 44.1. The lowest BCUT2D eigenvalue weighted by Crippen LogP contribution is -2.31. The molecule has 2 aromatic rings. The lowest BCUT2D eigenvalue weighted by molar-refractivity contribution is 0.220. The molecule has 0 aromatic heterocycles. The van der Waals surface area contributed by atoms with E-state index in [1.54, 1.807) is 25.2 Å². The number of benzene rings is 2. The Balaban J connectivity index is 2.09. The molecule has 27 heavy (non-hydrogen) atoms. The van der Waals surface area contributed by atoms with E-state index in [9.17, 15) is 17.6 Å². The molecule has 2 amide bonds. The van der Waals surface area contributed by atoms with Crippen LogP contribution in [0.4, 0.5) is 14.9 Å². The van der Waals surface area contributed by atoms with Crippen LogP contribution in [0, 0.1) is 5.82 Å². The molecule has 9 heteroatoms. The largest absolute Gasteiger partial charge is 0.494 e. The standard InChI is InChI=1S/C18H22FN3O4S/c1-21(2)27(24,25)15-7-5-6-14(11-15)20-18(23)22(3)12-13-8-9-17(26-4)16(19)10-13/h5-11H,12H2,1-4H3,(H,20,23). The summed E-state index contributed by atoms with van der Waals surface area (Å²) in [6.07, 6.45) is 0. The van der Waals surface area contributed by atoms with E-state index in [1.807, 2.05) is 0 Å². The second-order valence-corrected chi connectivity index (χ2v) is 8.22. The van der Waals surface area contributed by atoms with Crippen LogP contribution in [0.25, 0.3) is 0 Å². The van der Waals surface area contributed by atoms with Crippen molar-refractivity contribution in [3.8, 4) is 5.75 Å². The van der Waals surface area contributed by atoms with Gasteiger partial charge in [0.15, 0.2) is 11.6 Å². The summed E-state index contributed by atoms with van der Waals surface area (Å²) in [6.45, 7) is 0.169. The maximum atomic E-state index is 13.8. The number of halogens is 1. The molecule has 0 bridgehead atoms. The molecule has 0 atom stereocenters. The van der Waals surface area contributed by atoms with Crippen molar-refractivity contribution in [2.75, 3.05) is 33.6 Å². The first-order chi connectivity index (χ1) is 12.6. The Hall–Kier alpha value is -2.65. The minimum atomic E-state index is -3.60. The third kappa shape index (κ3) is 4.95. The normalized spacial score (nSPS) is 11.3. The van der Waals surface area contributed by atoms with E-state index >= 15 is 0 Å². The number of sulfonamides is 1. The van der Waals surface area contributed by atoms with Crippen LogP contribution in [-0.2, 0) is 16.6 Å². The van der Waals surface area contributed by atoms with Gasteiger partial charge in [-0.1, -0.05) is 12.1 Å². The van der Waals surface area contributed by atoms with Crippen molar-refractivity contribution < 1.29 is 22.3 Å². The summed E-state index contributed by atoms with van der Waals surface area (Å²) in [6, 6.07) is 9.97. The van der Waals surface area contributed by atoms with Gasteiger partial charge in [-0.2, -0.15) is 0 Å². The van der Waals surface area contributed by atoms with Crippen LogP contribution in [0.1, 0.15) is 5.56 Å². The Kier molecular flexibility index (Phi) is 6.40. The Bertz CT molecular complexity index is 932. The topological polar surface area (TPSA) is 79.0 Å². The van der Waals surface area contributed by atoms with Crippen molar-refractivity contribution in [3.05, 3.63) is 53.8 Å². The molecule has 0 aliphatic heterocycles. The SMILES string of the molecule is COc1ccc(CN(C)C(=O)Nc2cccc(S(=O)(=O)N(C)C)c2)cc1F. The highest BCUT2D eigenvalue weighted by atomic mass is 32.2. The minimum absolute atomic E-state index is 0.0742. The molecule has 146 valence electrons. The van der Waals surface area contributed by atoms with Crippen molar-refractivity contribution in [3.63, 3.8) is 0 Å². The van der Waals surface area contributed by atoms with Crippen molar-refractivity contribution in [1.29, 1.82) is 0 Å². The van der Waals surface area contributed by atoms with E-state index in [0.717, 1.165) is 4.31 Å². The highest BCUT2D eigenvalue weighted by Gasteiger charge is 2.18. The predicted octanol–water partition coefficient (Wildman–Crippen LogP) is 2.75. The van der Waals surface area contributed by atoms with E-state index < -0.39 is 21.9 Å². The Morgan fingerprint density at radius 3 is 2.44 bits per heavy atom. The molecule has 0 fully saturated rings. The lowest BCUT2D eigenvalue weighted by atomic mass is 10.2. The van der Waals surface area contributed by atoms with Crippen LogP contribution < -0.4 is 10.1 Å². The van der Waals surface area contributed by atoms with Gasteiger partial charge in [-0.15, -0.1) is 0 Å². The Labute approximate surface area is 158 Å². The zero-order chi connectivity index (χ0) is 20.2. The monoisotopic (exact) mass is 395 g/mol. The fourth-order valence-electron chi connectivity index (χ4n) is 2.32. The smallest absolute Gasteiger partial charge is 0.321 e. The third-order valence-corrected chi connectivity index (χ3v) is 5.66. The zero-order valence-electron chi connectivity index (χ0n) is 15.6. The quantitative estimate of drug-likeness (QED) is 0.816. The average molecular weight is 395 g/mol. The van der Waals surface area contributed by atoms with E-state index in [2.05, 4.69) is 5.32 Å². The highest BCUT2D eigenvalue weighted by Crippen LogP contribution is 2.20. The molecule has 0 radical (unpaired) electrons. The second kappa shape index (κ2) is 8.36. The van der Waals surface area contributed by atoms with Crippen molar-refractivity contribution in [2.24, 2.45) is 0 Å². The van der Waals surface area contributed by atoms with Crippen LogP contribution in [0.15, 0.2) is 47.4 Å². The zero-order valence-corrected chi connectivity index (χ0v) is 16.4. The molecule has 7 nitrogen and oxygen atoms in total. The molecule has 0 saturated carbocycles. The van der Waals surface area contributed by atoms with E-state index in [1.165, 1.54) is 50.4 Å². The van der Waals surface area contributed by atoms with Gasteiger partial charge < -0.3 is 15.0 Å². The highest BCUT2D eigenvalue weighted by molar-refractivity contribution is 7.89. The fourth-order valence-corrected chi connectivity index (χ4v) is 3.27. The number of hydrogen-bond acceptors (Lipinski definition) is 4. The number of urea groups is 1. The molecule has 0 unspecified atom stereocenters. The molecule has 1 N–H and O–H groups in total. The average Bonchev–Trinajstić information content (AvgIpc) is 2.62. The number of hydrogen-bond donors (Lipinski definition) is 1. The van der Waals surface area contributed by atoms with E-state index in [4.69, 9.17) is 4.74 Å². The van der Waals surface area contributed by atoms with Gasteiger partial charge in [-0.3, -0.25) is 0 Å². The number of carbonyl (C=O) groups excluding carboxylic acids is 1. The van der Waals surface area contributed by atoms with Crippen LogP contribution in [0.5, 0.6) is 5.75 Å². The number of methoxy groups -OCH3 is 1. The van der Waals surface area contributed by atoms with Crippen LogP contribution in [0.2, 0.25) is 0 Å². The van der Waals surface area contributed by atoms with Gasteiger partial charge in [0.05, 0.1) is 12.0 Å². The first-order valence-corrected chi connectivity index (χ1v) is 9.46. The number of carbonyl (C=O) groups is 1. The summed E-state index contributed by atoms with van der Waals surface area (Å²) >= 11 is 0. The molecule has 2 aromatic carbocycles. The Morgan fingerprint density at radius 1 is 1.15 bits per heavy atom. The number of nitrogens with zero attached hydrogens (tertiary/aromatic N) is 2. The molecule has 0 saturated heterocycles. The number of anilines is 1. The maximum absolute atomic E-state index is 13.8. The number of amides is 2. The van der Waals surface area contributed by atoms with E-state index in [0.29, 0.717) is 11.3 Å². The van der Waals surface area contributed by atoms with Gasteiger partial charge in [0.1, 0.15) is 0 Å². The number of ether oxygens (including phenoxy) is 1. The second-order valence-electron chi connectivity index (χ2n) is 6.07. The summed E-state index contributed by atoms with van der Waals surface area (Å²) in [5.41, 5.74) is 0.936. The third-order valence-electron chi connectivity index (χ3n) is 3.85. The lowest BCUT2D eigenvalue weighted by Gasteiger charge is -2.19. The fraction of sp³-hybridized carbons (Fsp3) is 0.278. The first kappa shape index (κ1) is 20.7. The predicted molar refractivity (Wildman–Crippen MR) is 101 cm³/mol. The molecule has 0 heterocycles. The molecule has 0 aliphatic rings. The summed E-state index contributed by atoms with van der Waals surface area (Å²) in [4.78, 5) is 13.8.